The summed E-state index contributed by atoms with van der Waals surface area (Å²) in [7, 11) is 7.12. The van der Waals surface area contributed by atoms with Crippen LogP contribution in [0.2, 0.25) is 5.82 Å². The Kier molecular flexibility index (Phi) is 3.32. The highest BCUT2D eigenvalue weighted by Gasteiger charge is 2.22. The van der Waals surface area contributed by atoms with Crippen molar-refractivity contribution >= 4 is 19.6 Å². The SMILES string of the molecule is [B]C1CCCc2cc(C(=O)OC)ccc2C1=O. The molecule has 3 nitrogen and oxygen atoms in total. The molecule has 0 aromatic heterocycles. The third-order valence-electron chi connectivity index (χ3n) is 3.09. The first-order chi connectivity index (χ1) is 8.13. The van der Waals surface area contributed by atoms with E-state index in [4.69, 9.17) is 7.85 Å². The van der Waals surface area contributed by atoms with Gasteiger partial charge < -0.3 is 4.74 Å². The van der Waals surface area contributed by atoms with Crippen LogP contribution in [0.1, 0.15) is 39.1 Å². The first-order valence-electron chi connectivity index (χ1n) is 5.64. The number of rotatable bonds is 1. The van der Waals surface area contributed by atoms with Crippen LogP contribution in [0.5, 0.6) is 0 Å². The summed E-state index contributed by atoms with van der Waals surface area (Å²) in [6, 6.07) is 5.02. The van der Waals surface area contributed by atoms with Crippen LogP contribution in [0.4, 0.5) is 0 Å². The highest BCUT2D eigenvalue weighted by molar-refractivity contribution is 6.28. The predicted octanol–water partition coefficient (Wildman–Crippen LogP) is 1.95. The maximum absolute atomic E-state index is 11.9. The normalized spacial score (nSPS) is 19.4. The fourth-order valence-electron chi connectivity index (χ4n) is 2.13. The molecule has 0 fully saturated rings. The molecule has 0 amide bonds. The number of ketones is 1. The fourth-order valence-corrected chi connectivity index (χ4v) is 2.13. The van der Waals surface area contributed by atoms with Crippen LogP contribution in [-0.2, 0) is 11.2 Å². The molecule has 0 saturated heterocycles. The zero-order valence-electron chi connectivity index (χ0n) is 9.73. The topological polar surface area (TPSA) is 43.4 Å². The van der Waals surface area contributed by atoms with Gasteiger partial charge in [0.05, 0.1) is 20.5 Å². The first kappa shape index (κ1) is 11.9. The smallest absolute Gasteiger partial charge is 0.337 e. The van der Waals surface area contributed by atoms with Gasteiger partial charge in [-0.2, -0.15) is 0 Å². The molecule has 1 aromatic rings. The van der Waals surface area contributed by atoms with E-state index in [0.29, 0.717) is 17.5 Å². The van der Waals surface area contributed by atoms with Crippen LogP contribution in [0, 0.1) is 0 Å². The van der Waals surface area contributed by atoms with Gasteiger partial charge in [0.1, 0.15) is 0 Å². The minimum atomic E-state index is -0.416. The van der Waals surface area contributed by atoms with E-state index in [-0.39, 0.29) is 11.8 Å². The lowest BCUT2D eigenvalue weighted by Gasteiger charge is -2.08. The Balaban J connectivity index is 2.42. The Labute approximate surface area is 102 Å². The molecular weight excluding hydrogens is 215 g/mol. The number of ether oxygens (including phenoxy) is 1. The Morgan fingerprint density at radius 2 is 2.24 bits per heavy atom. The highest BCUT2D eigenvalue weighted by atomic mass is 16.5. The van der Waals surface area contributed by atoms with Gasteiger partial charge in [-0.05, 0) is 36.4 Å². The molecule has 0 saturated carbocycles. The summed E-state index contributed by atoms with van der Waals surface area (Å²) in [5.74, 6) is -0.831. The lowest BCUT2D eigenvalue weighted by Crippen LogP contribution is -2.09. The summed E-state index contributed by atoms with van der Waals surface area (Å²) in [6.07, 6.45) is 2.34. The van der Waals surface area contributed by atoms with Gasteiger partial charge in [0, 0.05) is 5.56 Å². The zero-order valence-corrected chi connectivity index (χ0v) is 9.73. The number of Topliss-reactive ketones (excluding diaryl/α,β-unsaturated/α-hetero) is 1. The Hall–Kier alpha value is -1.58. The number of hydrogen-bond donors (Lipinski definition) is 0. The largest absolute Gasteiger partial charge is 0.465 e. The van der Waals surface area contributed by atoms with E-state index < -0.39 is 5.82 Å². The molecular formula is C13H13BO3. The second-order valence-corrected chi connectivity index (χ2v) is 4.23. The van der Waals surface area contributed by atoms with E-state index in [1.807, 2.05) is 0 Å². The number of carbonyl (C=O) groups is 2. The molecule has 1 aliphatic carbocycles. The molecule has 17 heavy (non-hydrogen) atoms. The minimum Gasteiger partial charge on any atom is -0.465 e. The molecule has 0 spiro atoms. The van der Waals surface area contributed by atoms with Crippen LogP contribution in [-0.4, -0.2) is 26.7 Å². The molecule has 1 unspecified atom stereocenters. The van der Waals surface area contributed by atoms with E-state index in [1.165, 1.54) is 7.11 Å². The third kappa shape index (κ3) is 2.26. The summed E-state index contributed by atoms with van der Waals surface area (Å²) in [5, 5.41) is 0. The number of esters is 1. The number of benzene rings is 1. The third-order valence-corrected chi connectivity index (χ3v) is 3.09. The van der Waals surface area contributed by atoms with Crippen molar-refractivity contribution < 1.29 is 14.3 Å². The van der Waals surface area contributed by atoms with Crippen LogP contribution < -0.4 is 0 Å². The fraction of sp³-hybridized carbons (Fsp3) is 0.385. The lowest BCUT2D eigenvalue weighted by molar-refractivity contribution is 0.0600. The molecule has 2 rings (SSSR count). The summed E-state index contributed by atoms with van der Waals surface area (Å²) >= 11 is 0. The summed E-state index contributed by atoms with van der Waals surface area (Å²) in [4.78, 5) is 23.3. The zero-order chi connectivity index (χ0) is 12.4. The van der Waals surface area contributed by atoms with Crippen molar-refractivity contribution in [1.29, 1.82) is 0 Å². The van der Waals surface area contributed by atoms with Gasteiger partial charge in [-0.15, -0.1) is 0 Å². The van der Waals surface area contributed by atoms with Gasteiger partial charge in [-0.25, -0.2) is 4.79 Å². The standard InChI is InChI=1S/C13H13BO3/c1-17-13(16)9-5-6-10-8(7-9)3-2-4-11(14)12(10)15/h5-7,11H,2-4H2,1H3. The number of aryl methyl sites for hydroxylation is 1. The minimum absolute atomic E-state index is 0.0334. The molecule has 1 aliphatic rings. The summed E-state index contributed by atoms with van der Waals surface area (Å²) in [6.45, 7) is 0. The average molecular weight is 228 g/mol. The molecule has 1 atom stereocenters. The first-order valence-corrected chi connectivity index (χ1v) is 5.64. The van der Waals surface area contributed by atoms with Gasteiger partial charge in [0.2, 0.25) is 0 Å². The van der Waals surface area contributed by atoms with Gasteiger partial charge in [0.25, 0.3) is 0 Å². The van der Waals surface area contributed by atoms with Crippen LogP contribution in [0.15, 0.2) is 18.2 Å². The lowest BCUT2D eigenvalue weighted by atomic mass is 9.79. The Bertz CT molecular complexity index is 468. The highest BCUT2D eigenvalue weighted by Crippen LogP contribution is 2.27. The van der Waals surface area contributed by atoms with Crippen molar-refractivity contribution in [3.63, 3.8) is 0 Å². The van der Waals surface area contributed by atoms with Crippen LogP contribution >= 0.6 is 0 Å². The van der Waals surface area contributed by atoms with Crippen molar-refractivity contribution in [2.45, 2.75) is 25.1 Å². The van der Waals surface area contributed by atoms with E-state index >= 15 is 0 Å². The van der Waals surface area contributed by atoms with Crippen molar-refractivity contribution in [2.24, 2.45) is 0 Å². The molecule has 4 heteroatoms. The van der Waals surface area contributed by atoms with Gasteiger partial charge in [-0.1, -0.05) is 12.5 Å². The quantitative estimate of drug-likeness (QED) is 0.419. The molecule has 0 heterocycles. The number of hydrogen-bond acceptors (Lipinski definition) is 3. The van der Waals surface area contributed by atoms with E-state index in [0.717, 1.165) is 18.4 Å². The Morgan fingerprint density at radius 3 is 2.94 bits per heavy atom. The average Bonchev–Trinajstić information content (AvgIpc) is 2.49. The molecule has 0 aliphatic heterocycles. The predicted molar refractivity (Wildman–Crippen MR) is 64.6 cm³/mol. The maximum Gasteiger partial charge on any atom is 0.337 e. The molecule has 0 N–H and O–H groups in total. The number of fused-ring (bicyclic) bond motifs is 1. The van der Waals surface area contributed by atoms with Crippen LogP contribution in [0.25, 0.3) is 0 Å². The van der Waals surface area contributed by atoms with Crippen molar-refractivity contribution in [3.05, 3.63) is 34.9 Å². The monoisotopic (exact) mass is 228 g/mol. The van der Waals surface area contributed by atoms with E-state index in [1.54, 1.807) is 18.2 Å². The summed E-state index contributed by atoms with van der Waals surface area (Å²) < 4.78 is 4.66. The molecule has 0 bridgehead atoms. The van der Waals surface area contributed by atoms with Crippen molar-refractivity contribution in [2.75, 3.05) is 7.11 Å². The molecule has 2 radical (unpaired) electrons. The van der Waals surface area contributed by atoms with E-state index in [9.17, 15) is 9.59 Å². The van der Waals surface area contributed by atoms with Crippen molar-refractivity contribution in [1.82, 2.24) is 0 Å². The van der Waals surface area contributed by atoms with Gasteiger partial charge >= 0.3 is 5.97 Å². The molecule has 86 valence electrons. The molecule has 1 aromatic carbocycles. The van der Waals surface area contributed by atoms with Gasteiger partial charge in [-0.3, -0.25) is 4.79 Å². The van der Waals surface area contributed by atoms with Crippen molar-refractivity contribution in [3.8, 4) is 0 Å². The second-order valence-electron chi connectivity index (χ2n) is 4.23. The second kappa shape index (κ2) is 4.74. The Morgan fingerprint density at radius 1 is 1.47 bits per heavy atom. The number of carbonyl (C=O) groups excluding carboxylic acids is 2. The maximum atomic E-state index is 11.9. The van der Waals surface area contributed by atoms with Gasteiger partial charge in [0.15, 0.2) is 5.78 Å². The van der Waals surface area contributed by atoms with Crippen LogP contribution in [0.3, 0.4) is 0 Å². The number of methoxy groups -OCH3 is 1. The summed E-state index contributed by atoms with van der Waals surface area (Å²) in [5.41, 5.74) is 2.02. The van der Waals surface area contributed by atoms with E-state index in [2.05, 4.69) is 4.74 Å².